The van der Waals surface area contributed by atoms with Crippen molar-refractivity contribution in [2.75, 3.05) is 45.9 Å². The lowest BCUT2D eigenvalue weighted by molar-refractivity contribution is -0.140. The molecule has 37 heavy (non-hydrogen) atoms. The number of carbonyl (C=O) groups is 2. The normalized spacial score (nSPS) is 26.0. The molecule has 200 valence electrons. The average Bonchev–Trinajstić information content (AvgIpc) is 3.53. The number of nitrogens with one attached hydrogen (secondary N) is 1. The lowest BCUT2D eigenvalue weighted by Crippen LogP contribution is -2.52. The number of fused-ring (bicyclic) bond motifs is 1. The first-order valence-electron chi connectivity index (χ1n) is 14.4. The van der Waals surface area contributed by atoms with Gasteiger partial charge in [0.05, 0.1) is 19.3 Å². The number of morpholine rings is 1. The Labute approximate surface area is 221 Å². The van der Waals surface area contributed by atoms with Crippen molar-refractivity contribution in [1.29, 1.82) is 5.26 Å². The second-order valence-corrected chi connectivity index (χ2v) is 11.8. The van der Waals surface area contributed by atoms with Crippen LogP contribution in [0.15, 0.2) is 24.3 Å². The van der Waals surface area contributed by atoms with Crippen LogP contribution in [-0.2, 0) is 27.2 Å². The fourth-order valence-corrected chi connectivity index (χ4v) is 7.01. The fourth-order valence-electron chi connectivity index (χ4n) is 7.01. The number of nitriles is 1. The largest absolute Gasteiger partial charge is 0.378 e. The first-order chi connectivity index (χ1) is 18.0. The van der Waals surface area contributed by atoms with E-state index in [-0.39, 0.29) is 24.2 Å². The molecule has 5 rings (SSSR count). The lowest BCUT2D eigenvalue weighted by Gasteiger charge is -2.32. The minimum Gasteiger partial charge on any atom is -0.378 e. The molecule has 2 atom stereocenters. The van der Waals surface area contributed by atoms with Crippen LogP contribution in [0.2, 0.25) is 0 Å². The summed E-state index contributed by atoms with van der Waals surface area (Å²) in [5.41, 5.74) is 2.03. The molecule has 0 radical (unpaired) electrons. The van der Waals surface area contributed by atoms with Crippen molar-refractivity contribution in [1.82, 2.24) is 15.1 Å². The molecule has 2 aliphatic carbocycles. The van der Waals surface area contributed by atoms with Gasteiger partial charge in [-0.1, -0.05) is 56.4 Å². The molecular formula is C30H42N4O3. The molecule has 7 nitrogen and oxygen atoms in total. The minimum absolute atomic E-state index is 0.0408. The third kappa shape index (κ3) is 6.53. The van der Waals surface area contributed by atoms with Crippen LogP contribution < -0.4 is 5.32 Å². The van der Waals surface area contributed by atoms with Gasteiger partial charge in [-0.25, -0.2) is 0 Å². The molecule has 1 N–H and O–H groups in total. The zero-order valence-electron chi connectivity index (χ0n) is 22.1. The molecule has 1 aromatic rings. The maximum atomic E-state index is 13.7. The zero-order chi connectivity index (χ0) is 25.7. The molecule has 2 unspecified atom stereocenters. The number of hydrogen-bond acceptors (Lipinski definition) is 5. The minimum atomic E-state index is -0.866. The SMILES string of the molecule is N#CC1(NC(=O)C(CC(=O)N2CCOCC2)CC2CCCCC2)CCN(CC2Cc3ccccc3C2)C1. The van der Waals surface area contributed by atoms with Gasteiger partial charge in [-0.05, 0) is 48.6 Å². The molecule has 1 aromatic carbocycles. The Balaban J connectivity index is 1.20. The number of rotatable bonds is 8. The van der Waals surface area contributed by atoms with Gasteiger partial charge in [0.25, 0.3) is 0 Å². The van der Waals surface area contributed by atoms with E-state index >= 15 is 0 Å². The predicted octanol–water partition coefficient (Wildman–Crippen LogP) is 3.32. The summed E-state index contributed by atoms with van der Waals surface area (Å²) in [6, 6.07) is 11.1. The van der Waals surface area contributed by atoms with Crippen LogP contribution in [0.1, 0.15) is 62.5 Å². The van der Waals surface area contributed by atoms with Crippen LogP contribution in [0, 0.1) is 29.1 Å². The first-order valence-corrected chi connectivity index (χ1v) is 14.4. The fraction of sp³-hybridized carbons (Fsp3) is 0.700. The summed E-state index contributed by atoms with van der Waals surface area (Å²) in [4.78, 5) is 31.0. The summed E-state index contributed by atoms with van der Waals surface area (Å²) >= 11 is 0. The third-order valence-corrected chi connectivity index (χ3v) is 9.07. The Hall–Kier alpha value is -2.43. The zero-order valence-corrected chi connectivity index (χ0v) is 22.1. The maximum Gasteiger partial charge on any atom is 0.224 e. The Morgan fingerprint density at radius 2 is 1.76 bits per heavy atom. The number of ether oxygens (including phenoxy) is 1. The molecule has 7 heteroatoms. The number of nitrogens with zero attached hydrogens (tertiary/aromatic N) is 3. The van der Waals surface area contributed by atoms with Crippen molar-refractivity contribution in [3.8, 4) is 6.07 Å². The maximum absolute atomic E-state index is 13.7. The monoisotopic (exact) mass is 506 g/mol. The van der Waals surface area contributed by atoms with Gasteiger partial charge in [0.15, 0.2) is 0 Å². The second-order valence-electron chi connectivity index (χ2n) is 11.8. The standard InChI is InChI=1S/C30H42N4O3/c31-21-30(10-11-33(22-30)20-24-17-25-8-4-5-9-26(25)18-24)32-29(36)27(16-23-6-2-1-3-7-23)19-28(35)34-12-14-37-15-13-34/h4-5,8-9,23-24,27H,1-3,6-7,10-20,22H2,(H,32,36). The van der Waals surface area contributed by atoms with E-state index in [2.05, 4.69) is 40.6 Å². The highest BCUT2D eigenvalue weighted by Crippen LogP contribution is 2.33. The Morgan fingerprint density at radius 3 is 2.43 bits per heavy atom. The summed E-state index contributed by atoms with van der Waals surface area (Å²) in [5.74, 6) is 0.613. The van der Waals surface area contributed by atoms with E-state index < -0.39 is 5.54 Å². The molecule has 2 aliphatic heterocycles. The van der Waals surface area contributed by atoms with E-state index in [1.807, 2.05) is 4.90 Å². The summed E-state index contributed by atoms with van der Waals surface area (Å²) in [6.07, 6.45) is 9.74. The second kappa shape index (κ2) is 12.0. The molecule has 3 fully saturated rings. The Kier molecular flexibility index (Phi) is 8.46. The summed E-state index contributed by atoms with van der Waals surface area (Å²) < 4.78 is 5.40. The van der Waals surface area contributed by atoms with Gasteiger partial charge in [0.1, 0.15) is 5.54 Å². The summed E-state index contributed by atoms with van der Waals surface area (Å²) in [6.45, 7) is 4.65. The van der Waals surface area contributed by atoms with Crippen LogP contribution in [-0.4, -0.2) is 73.1 Å². The number of carbonyl (C=O) groups excluding carboxylic acids is 2. The predicted molar refractivity (Wildman–Crippen MR) is 142 cm³/mol. The molecule has 0 bridgehead atoms. The van der Waals surface area contributed by atoms with E-state index in [9.17, 15) is 14.9 Å². The van der Waals surface area contributed by atoms with Crippen LogP contribution >= 0.6 is 0 Å². The van der Waals surface area contributed by atoms with Crippen LogP contribution in [0.5, 0.6) is 0 Å². The van der Waals surface area contributed by atoms with Crippen LogP contribution in [0.25, 0.3) is 0 Å². The average molecular weight is 507 g/mol. The third-order valence-electron chi connectivity index (χ3n) is 9.07. The highest BCUT2D eigenvalue weighted by molar-refractivity contribution is 5.86. The summed E-state index contributed by atoms with van der Waals surface area (Å²) in [7, 11) is 0. The highest BCUT2D eigenvalue weighted by Gasteiger charge is 2.42. The molecule has 0 aromatic heterocycles. The van der Waals surface area contributed by atoms with E-state index in [0.717, 1.165) is 45.2 Å². The number of amides is 2. The smallest absolute Gasteiger partial charge is 0.224 e. The van der Waals surface area contributed by atoms with Crippen molar-refractivity contribution < 1.29 is 14.3 Å². The first kappa shape index (κ1) is 26.2. The Bertz CT molecular complexity index is 970. The molecule has 0 spiro atoms. The van der Waals surface area contributed by atoms with Crippen molar-refractivity contribution in [2.45, 2.75) is 69.7 Å². The van der Waals surface area contributed by atoms with E-state index in [1.54, 1.807) is 0 Å². The molecule has 2 heterocycles. The molecule has 4 aliphatic rings. The van der Waals surface area contributed by atoms with Gasteiger partial charge in [-0.15, -0.1) is 0 Å². The van der Waals surface area contributed by atoms with Crippen LogP contribution in [0.4, 0.5) is 0 Å². The molecule has 1 saturated carbocycles. The quantitative estimate of drug-likeness (QED) is 0.585. The topological polar surface area (TPSA) is 85.7 Å². The van der Waals surface area contributed by atoms with Gasteiger partial charge < -0.3 is 15.0 Å². The van der Waals surface area contributed by atoms with Crippen molar-refractivity contribution in [3.05, 3.63) is 35.4 Å². The number of benzene rings is 1. The van der Waals surface area contributed by atoms with Gasteiger partial charge in [0.2, 0.25) is 11.8 Å². The van der Waals surface area contributed by atoms with Gasteiger partial charge in [-0.2, -0.15) is 5.26 Å². The van der Waals surface area contributed by atoms with Crippen molar-refractivity contribution in [2.24, 2.45) is 17.8 Å². The molecule has 2 amide bonds. The summed E-state index contributed by atoms with van der Waals surface area (Å²) in [5, 5.41) is 13.4. The Morgan fingerprint density at radius 1 is 1.05 bits per heavy atom. The van der Waals surface area contributed by atoms with Crippen molar-refractivity contribution >= 4 is 11.8 Å². The number of likely N-dealkylation sites (tertiary alicyclic amines) is 1. The highest BCUT2D eigenvalue weighted by atomic mass is 16.5. The van der Waals surface area contributed by atoms with E-state index in [0.29, 0.717) is 51.1 Å². The van der Waals surface area contributed by atoms with E-state index in [1.165, 1.54) is 30.4 Å². The van der Waals surface area contributed by atoms with Crippen LogP contribution in [0.3, 0.4) is 0 Å². The van der Waals surface area contributed by atoms with Gasteiger partial charge in [0, 0.05) is 45.1 Å². The molecule has 2 saturated heterocycles. The van der Waals surface area contributed by atoms with Crippen molar-refractivity contribution in [3.63, 3.8) is 0 Å². The number of hydrogen-bond donors (Lipinski definition) is 1. The lowest BCUT2D eigenvalue weighted by atomic mass is 9.81. The van der Waals surface area contributed by atoms with E-state index in [4.69, 9.17) is 4.74 Å². The molecular weight excluding hydrogens is 464 g/mol. The van der Waals surface area contributed by atoms with Gasteiger partial charge >= 0.3 is 0 Å². The van der Waals surface area contributed by atoms with Gasteiger partial charge in [-0.3, -0.25) is 14.5 Å².